The highest BCUT2D eigenvalue weighted by Gasteiger charge is 2.09. The fourth-order valence-electron chi connectivity index (χ4n) is 1.68. The third-order valence-corrected chi connectivity index (χ3v) is 2.68. The molecule has 0 spiro atoms. The summed E-state index contributed by atoms with van der Waals surface area (Å²) in [6.45, 7) is 0.230. The molecule has 0 saturated carbocycles. The van der Waals surface area contributed by atoms with E-state index >= 15 is 0 Å². The first-order valence-corrected chi connectivity index (χ1v) is 6.19. The molecule has 0 aliphatic heterocycles. The topological polar surface area (TPSA) is 109 Å². The van der Waals surface area contributed by atoms with E-state index in [1.807, 2.05) is 12.1 Å². The van der Waals surface area contributed by atoms with E-state index in [1.165, 1.54) is 18.6 Å². The van der Waals surface area contributed by atoms with E-state index in [0.717, 1.165) is 5.56 Å². The SMILES string of the molecule is O=C(NCc1nc(-c2ccncc2)n[nH]1)c1cnccn1. The van der Waals surface area contributed by atoms with E-state index < -0.39 is 0 Å². The lowest BCUT2D eigenvalue weighted by Gasteiger charge is -2.00. The molecule has 0 bridgehead atoms. The highest BCUT2D eigenvalue weighted by Crippen LogP contribution is 2.12. The lowest BCUT2D eigenvalue weighted by Crippen LogP contribution is -2.24. The molecule has 0 atom stereocenters. The van der Waals surface area contributed by atoms with Gasteiger partial charge in [-0.2, -0.15) is 5.10 Å². The Kier molecular flexibility index (Phi) is 3.59. The van der Waals surface area contributed by atoms with E-state index in [0.29, 0.717) is 11.6 Å². The lowest BCUT2D eigenvalue weighted by atomic mass is 10.2. The first kappa shape index (κ1) is 12.9. The van der Waals surface area contributed by atoms with Gasteiger partial charge >= 0.3 is 0 Å². The van der Waals surface area contributed by atoms with Gasteiger partial charge in [-0.1, -0.05) is 0 Å². The maximum Gasteiger partial charge on any atom is 0.271 e. The number of nitrogens with one attached hydrogen (secondary N) is 2. The van der Waals surface area contributed by atoms with Crippen LogP contribution in [0.15, 0.2) is 43.1 Å². The second-order valence-corrected chi connectivity index (χ2v) is 4.11. The van der Waals surface area contributed by atoms with Crippen molar-refractivity contribution in [2.75, 3.05) is 0 Å². The van der Waals surface area contributed by atoms with Crippen LogP contribution < -0.4 is 5.32 Å². The van der Waals surface area contributed by atoms with Crippen LogP contribution in [-0.2, 0) is 6.54 Å². The van der Waals surface area contributed by atoms with Gasteiger partial charge in [0.15, 0.2) is 5.82 Å². The zero-order valence-electron chi connectivity index (χ0n) is 10.9. The zero-order valence-corrected chi connectivity index (χ0v) is 10.9. The zero-order chi connectivity index (χ0) is 14.5. The monoisotopic (exact) mass is 281 g/mol. The summed E-state index contributed by atoms with van der Waals surface area (Å²) in [7, 11) is 0. The number of carbonyl (C=O) groups excluding carboxylic acids is 1. The van der Waals surface area contributed by atoms with Gasteiger partial charge in [0.25, 0.3) is 5.91 Å². The van der Waals surface area contributed by atoms with Gasteiger partial charge in [0.1, 0.15) is 11.5 Å². The number of pyridine rings is 1. The standard InChI is InChI=1S/C13H11N7O/c21-13(10-7-15-5-6-16-10)17-8-11-18-12(20-19-11)9-1-3-14-4-2-9/h1-7H,8H2,(H,17,21)(H,18,19,20). The van der Waals surface area contributed by atoms with Gasteiger partial charge in [0, 0.05) is 30.4 Å². The van der Waals surface area contributed by atoms with E-state index in [1.54, 1.807) is 12.4 Å². The predicted octanol–water partition coefficient (Wildman–Crippen LogP) is 0.587. The van der Waals surface area contributed by atoms with Gasteiger partial charge in [0.05, 0.1) is 12.7 Å². The van der Waals surface area contributed by atoms with E-state index in [4.69, 9.17) is 0 Å². The molecule has 1 amide bonds. The Morgan fingerprint density at radius 3 is 2.76 bits per heavy atom. The van der Waals surface area contributed by atoms with Crippen molar-refractivity contribution in [3.05, 3.63) is 54.6 Å². The number of hydrogen-bond donors (Lipinski definition) is 2. The Labute approximate surface area is 119 Å². The Morgan fingerprint density at radius 2 is 2.00 bits per heavy atom. The van der Waals surface area contributed by atoms with Crippen LogP contribution >= 0.6 is 0 Å². The van der Waals surface area contributed by atoms with Crippen molar-refractivity contribution in [3.8, 4) is 11.4 Å². The van der Waals surface area contributed by atoms with Gasteiger partial charge in [-0.05, 0) is 12.1 Å². The molecule has 8 nitrogen and oxygen atoms in total. The van der Waals surface area contributed by atoms with Gasteiger partial charge in [-0.3, -0.25) is 19.9 Å². The van der Waals surface area contributed by atoms with Crippen molar-refractivity contribution in [2.24, 2.45) is 0 Å². The molecule has 3 aromatic heterocycles. The fraction of sp³-hybridized carbons (Fsp3) is 0.0769. The highest BCUT2D eigenvalue weighted by molar-refractivity contribution is 5.91. The molecule has 0 aromatic carbocycles. The summed E-state index contributed by atoms with van der Waals surface area (Å²) >= 11 is 0. The molecule has 3 rings (SSSR count). The number of hydrogen-bond acceptors (Lipinski definition) is 6. The highest BCUT2D eigenvalue weighted by atomic mass is 16.1. The molecule has 0 saturated heterocycles. The van der Waals surface area contributed by atoms with Gasteiger partial charge in [-0.15, -0.1) is 0 Å². The number of aromatic amines is 1. The summed E-state index contributed by atoms with van der Waals surface area (Å²) in [5, 5.41) is 9.57. The number of nitrogens with zero attached hydrogens (tertiary/aromatic N) is 5. The lowest BCUT2D eigenvalue weighted by molar-refractivity contribution is 0.0944. The third-order valence-electron chi connectivity index (χ3n) is 2.68. The summed E-state index contributed by atoms with van der Waals surface area (Å²) in [6.07, 6.45) is 7.71. The van der Waals surface area contributed by atoms with Crippen LogP contribution in [-0.4, -0.2) is 36.0 Å². The fourth-order valence-corrected chi connectivity index (χ4v) is 1.68. The second kappa shape index (κ2) is 5.87. The number of amides is 1. The van der Waals surface area contributed by atoms with Crippen molar-refractivity contribution in [2.45, 2.75) is 6.54 Å². The van der Waals surface area contributed by atoms with Crippen LogP contribution in [0.4, 0.5) is 0 Å². The molecule has 3 aromatic rings. The van der Waals surface area contributed by atoms with Gasteiger partial charge < -0.3 is 5.32 Å². The molecule has 0 aliphatic carbocycles. The number of rotatable bonds is 4. The maximum absolute atomic E-state index is 11.8. The Hall–Kier alpha value is -3.16. The number of H-pyrrole nitrogens is 1. The Bertz CT molecular complexity index is 727. The van der Waals surface area contributed by atoms with Crippen LogP contribution in [0.5, 0.6) is 0 Å². The van der Waals surface area contributed by atoms with Crippen LogP contribution in [0.2, 0.25) is 0 Å². The minimum atomic E-state index is -0.315. The number of carbonyl (C=O) groups is 1. The Balaban J connectivity index is 1.64. The first-order chi connectivity index (χ1) is 10.3. The van der Waals surface area contributed by atoms with E-state index in [2.05, 4.69) is 35.5 Å². The van der Waals surface area contributed by atoms with Gasteiger partial charge in [0.2, 0.25) is 0 Å². The summed E-state index contributed by atoms with van der Waals surface area (Å²) in [4.78, 5) is 27.8. The van der Waals surface area contributed by atoms with Crippen molar-refractivity contribution in [3.63, 3.8) is 0 Å². The second-order valence-electron chi connectivity index (χ2n) is 4.11. The summed E-state index contributed by atoms with van der Waals surface area (Å²) < 4.78 is 0. The van der Waals surface area contributed by atoms with Crippen molar-refractivity contribution in [1.29, 1.82) is 0 Å². The van der Waals surface area contributed by atoms with Crippen LogP contribution in [0.3, 0.4) is 0 Å². The molecule has 0 unspecified atom stereocenters. The molecule has 3 heterocycles. The van der Waals surface area contributed by atoms with E-state index in [9.17, 15) is 4.79 Å². The number of aromatic nitrogens is 6. The van der Waals surface area contributed by atoms with Gasteiger partial charge in [-0.25, -0.2) is 9.97 Å². The minimum absolute atomic E-state index is 0.230. The van der Waals surface area contributed by atoms with Crippen molar-refractivity contribution < 1.29 is 4.79 Å². The minimum Gasteiger partial charge on any atom is -0.343 e. The maximum atomic E-state index is 11.8. The van der Waals surface area contributed by atoms with E-state index in [-0.39, 0.29) is 18.1 Å². The molecule has 21 heavy (non-hydrogen) atoms. The molecule has 104 valence electrons. The molecular formula is C13H11N7O. The van der Waals surface area contributed by atoms with Crippen molar-refractivity contribution in [1.82, 2.24) is 35.5 Å². The van der Waals surface area contributed by atoms with Crippen molar-refractivity contribution >= 4 is 5.91 Å². The summed E-state index contributed by atoms with van der Waals surface area (Å²) in [5.74, 6) is 0.796. The predicted molar refractivity (Wildman–Crippen MR) is 72.8 cm³/mol. The smallest absolute Gasteiger partial charge is 0.271 e. The molecular weight excluding hydrogens is 270 g/mol. The van der Waals surface area contributed by atoms with Crippen LogP contribution in [0.1, 0.15) is 16.3 Å². The third kappa shape index (κ3) is 3.06. The van der Waals surface area contributed by atoms with Crippen LogP contribution in [0.25, 0.3) is 11.4 Å². The molecule has 0 aliphatic rings. The first-order valence-electron chi connectivity index (χ1n) is 6.19. The normalized spacial score (nSPS) is 10.3. The quantitative estimate of drug-likeness (QED) is 0.724. The molecule has 0 fully saturated rings. The Morgan fingerprint density at radius 1 is 1.14 bits per heavy atom. The summed E-state index contributed by atoms with van der Waals surface area (Å²) in [6, 6.07) is 3.62. The molecule has 0 radical (unpaired) electrons. The largest absolute Gasteiger partial charge is 0.343 e. The molecule has 8 heteroatoms. The average Bonchev–Trinajstić information content (AvgIpc) is 3.03. The average molecular weight is 281 g/mol. The van der Waals surface area contributed by atoms with Crippen LogP contribution in [0, 0.1) is 0 Å². The molecule has 2 N–H and O–H groups in total. The summed E-state index contributed by atoms with van der Waals surface area (Å²) in [5.41, 5.74) is 1.11.